The fourth-order valence-electron chi connectivity index (χ4n) is 5.22. The van der Waals surface area contributed by atoms with Gasteiger partial charge in [-0.3, -0.25) is 9.59 Å². The van der Waals surface area contributed by atoms with E-state index in [4.69, 9.17) is 9.47 Å². The van der Waals surface area contributed by atoms with Gasteiger partial charge in [0.1, 0.15) is 23.7 Å². The number of halogens is 1. The number of ether oxygens (including phenoxy) is 2. The third kappa shape index (κ3) is 4.97. The van der Waals surface area contributed by atoms with Crippen molar-refractivity contribution in [3.05, 3.63) is 82.6 Å². The molecular weight excluding hydrogens is 564 g/mol. The Morgan fingerprint density at radius 3 is 2.62 bits per heavy atom. The maximum Gasteiger partial charge on any atom is 0.228 e. The minimum atomic E-state index is -1.26. The Bertz CT molecular complexity index is 1550. The van der Waals surface area contributed by atoms with Crippen LogP contribution in [0.25, 0.3) is 10.8 Å². The predicted molar refractivity (Wildman–Crippen MR) is 149 cm³/mol. The SMILES string of the molecule is O=C1CC(=O)[C@](Cn2cc3cc(OCc4ccnc(N5CCOCC5)c4)ccc3c2O)(c2ccc(Br)cc2)N1. The molecule has 9 nitrogen and oxygen atoms in total. The van der Waals surface area contributed by atoms with Crippen molar-refractivity contribution in [2.75, 3.05) is 31.2 Å². The number of pyridine rings is 1. The average molecular weight is 591 g/mol. The molecule has 2 aliphatic rings. The summed E-state index contributed by atoms with van der Waals surface area (Å²) in [6.45, 7) is 3.45. The molecule has 0 bridgehead atoms. The highest BCUT2D eigenvalue weighted by Gasteiger charge is 2.48. The third-order valence-corrected chi connectivity index (χ3v) is 7.80. The molecule has 0 spiro atoms. The molecule has 0 saturated carbocycles. The zero-order valence-electron chi connectivity index (χ0n) is 21.1. The average Bonchev–Trinajstić information content (AvgIpc) is 3.42. The van der Waals surface area contributed by atoms with E-state index in [1.807, 2.05) is 48.5 Å². The van der Waals surface area contributed by atoms with E-state index in [9.17, 15) is 14.7 Å². The topological polar surface area (TPSA) is 106 Å². The molecule has 4 aromatic rings. The number of aromatic nitrogens is 2. The number of aromatic hydroxyl groups is 1. The first-order valence-corrected chi connectivity index (χ1v) is 13.5. The summed E-state index contributed by atoms with van der Waals surface area (Å²) in [7, 11) is 0. The van der Waals surface area contributed by atoms with Crippen molar-refractivity contribution in [1.82, 2.24) is 14.9 Å². The number of Topliss-reactive ketones (excluding diaryl/α,β-unsaturated/α-hetero) is 1. The first-order chi connectivity index (χ1) is 18.9. The second-order valence-corrected chi connectivity index (χ2v) is 10.7. The molecule has 2 fully saturated rings. The molecule has 0 radical (unpaired) electrons. The van der Waals surface area contributed by atoms with Crippen molar-refractivity contribution in [1.29, 1.82) is 0 Å². The fraction of sp³-hybridized carbons (Fsp3) is 0.276. The molecule has 4 heterocycles. The summed E-state index contributed by atoms with van der Waals surface area (Å²) in [4.78, 5) is 32.0. The van der Waals surface area contributed by atoms with Gasteiger partial charge in [-0.05, 0) is 53.6 Å². The van der Waals surface area contributed by atoms with E-state index in [2.05, 4.69) is 31.1 Å². The van der Waals surface area contributed by atoms with E-state index in [-0.39, 0.29) is 30.5 Å². The molecule has 0 unspecified atom stereocenters. The van der Waals surface area contributed by atoms with E-state index < -0.39 is 5.54 Å². The Morgan fingerprint density at radius 2 is 1.87 bits per heavy atom. The molecule has 2 aromatic heterocycles. The molecule has 2 saturated heterocycles. The van der Waals surface area contributed by atoms with Gasteiger partial charge in [0.2, 0.25) is 5.91 Å². The molecule has 10 heteroatoms. The Balaban J connectivity index is 1.23. The lowest BCUT2D eigenvalue weighted by atomic mass is 9.87. The van der Waals surface area contributed by atoms with Crippen LogP contribution in [0.3, 0.4) is 0 Å². The number of anilines is 1. The van der Waals surface area contributed by atoms with Gasteiger partial charge in [-0.2, -0.15) is 0 Å². The van der Waals surface area contributed by atoms with Gasteiger partial charge in [0, 0.05) is 40.7 Å². The van der Waals surface area contributed by atoms with Crippen molar-refractivity contribution in [3.8, 4) is 11.6 Å². The Labute approximate surface area is 233 Å². The van der Waals surface area contributed by atoms with Gasteiger partial charge >= 0.3 is 0 Å². The van der Waals surface area contributed by atoms with Crippen molar-refractivity contribution in [2.45, 2.75) is 25.1 Å². The van der Waals surface area contributed by atoms with Crippen molar-refractivity contribution >= 4 is 44.2 Å². The summed E-state index contributed by atoms with van der Waals surface area (Å²) in [5.41, 5.74) is 0.402. The molecule has 0 aliphatic carbocycles. The van der Waals surface area contributed by atoms with Gasteiger partial charge in [0.25, 0.3) is 0 Å². The van der Waals surface area contributed by atoms with E-state index in [1.54, 1.807) is 23.0 Å². The molecular formula is C29H27BrN4O5. The van der Waals surface area contributed by atoms with Crippen LogP contribution in [-0.2, 0) is 33.0 Å². The number of fused-ring (bicyclic) bond motifs is 1. The molecule has 2 aromatic carbocycles. The molecule has 6 rings (SSSR count). The molecule has 1 amide bonds. The number of hydrogen-bond donors (Lipinski definition) is 2. The van der Waals surface area contributed by atoms with Crippen LogP contribution in [0.4, 0.5) is 5.82 Å². The molecule has 2 aliphatic heterocycles. The summed E-state index contributed by atoms with van der Waals surface area (Å²) < 4.78 is 14.0. The number of amides is 1. The van der Waals surface area contributed by atoms with E-state index in [0.717, 1.165) is 34.3 Å². The number of ketones is 1. The summed E-state index contributed by atoms with van der Waals surface area (Å²) in [5.74, 6) is 1.01. The summed E-state index contributed by atoms with van der Waals surface area (Å²) >= 11 is 3.42. The highest BCUT2D eigenvalue weighted by Crippen LogP contribution is 2.36. The van der Waals surface area contributed by atoms with Crippen molar-refractivity contribution in [2.24, 2.45) is 0 Å². The lowest BCUT2D eigenvalue weighted by Crippen LogP contribution is -2.47. The number of hydrogen-bond acceptors (Lipinski definition) is 7. The van der Waals surface area contributed by atoms with Crippen LogP contribution in [0.1, 0.15) is 17.5 Å². The van der Waals surface area contributed by atoms with Gasteiger partial charge in [0.15, 0.2) is 11.7 Å². The number of carbonyl (C=O) groups excluding carboxylic acids is 2. The highest BCUT2D eigenvalue weighted by molar-refractivity contribution is 9.10. The predicted octanol–water partition coefficient (Wildman–Crippen LogP) is 3.90. The zero-order valence-corrected chi connectivity index (χ0v) is 22.7. The zero-order chi connectivity index (χ0) is 27.0. The smallest absolute Gasteiger partial charge is 0.228 e. The molecule has 2 N–H and O–H groups in total. The van der Waals surface area contributed by atoms with Crippen LogP contribution in [0.5, 0.6) is 11.6 Å². The van der Waals surface area contributed by atoms with Crippen LogP contribution >= 0.6 is 15.9 Å². The van der Waals surface area contributed by atoms with Crippen LogP contribution in [0.2, 0.25) is 0 Å². The number of nitrogens with one attached hydrogen (secondary N) is 1. The quantitative estimate of drug-likeness (QED) is 0.314. The van der Waals surface area contributed by atoms with Gasteiger partial charge in [-0.25, -0.2) is 4.98 Å². The maximum atomic E-state index is 13.1. The standard InChI is InChI=1S/C29H27BrN4O5/c30-22-3-1-21(2-4-22)29(25(35)15-27(36)32-29)18-34-16-20-14-23(5-6-24(20)28(34)37)39-17-19-7-8-31-26(13-19)33-9-11-38-12-10-33/h1-8,13-14,16,37H,9-12,15,17-18H2,(H,32,36)/t29-/m0/s1. The molecule has 200 valence electrons. The highest BCUT2D eigenvalue weighted by atomic mass is 79.9. The summed E-state index contributed by atoms with van der Waals surface area (Å²) in [6.07, 6.45) is 3.37. The van der Waals surface area contributed by atoms with Gasteiger partial charge in [-0.15, -0.1) is 0 Å². The minimum Gasteiger partial charge on any atom is -0.494 e. The van der Waals surface area contributed by atoms with Crippen LogP contribution in [0, 0.1) is 0 Å². The third-order valence-electron chi connectivity index (χ3n) is 7.28. The lowest BCUT2D eigenvalue weighted by molar-refractivity contribution is -0.123. The van der Waals surface area contributed by atoms with E-state index in [0.29, 0.717) is 36.5 Å². The van der Waals surface area contributed by atoms with Gasteiger partial charge in [0.05, 0.1) is 26.2 Å². The Morgan fingerprint density at radius 1 is 1.08 bits per heavy atom. The Kier molecular flexibility index (Phi) is 6.74. The monoisotopic (exact) mass is 590 g/mol. The first-order valence-electron chi connectivity index (χ1n) is 12.7. The summed E-state index contributed by atoms with van der Waals surface area (Å²) in [5, 5.41) is 15.3. The second kappa shape index (κ2) is 10.3. The minimum absolute atomic E-state index is 0.0197. The van der Waals surface area contributed by atoms with E-state index in [1.165, 1.54) is 0 Å². The number of morpholine rings is 1. The molecule has 1 atom stereocenters. The van der Waals surface area contributed by atoms with Gasteiger partial charge in [-0.1, -0.05) is 28.1 Å². The van der Waals surface area contributed by atoms with Crippen LogP contribution in [-0.4, -0.2) is 52.7 Å². The normalized spacial score (nSPS) is 19.5. The number of benzene rings is 2. The summed E-state index contributed by atoms with van der Waals surface area (Å²) in [6, 6.07) is 16.7. The van der Waals surface area contributed by atoms with Crippen LogP contribution in [0.15, 0.2) is 71.5 Å². The van der Waals surface area contributed by atoms with Crippen LogP contribution < -0.4 is 15.0 Å². The maximum absolute atomic E-state index is 13.1. The number of rotatable bonds is 7. The lowest BCUT2D eigenvalue weighted by Gasteiger charge is -2.29. The van der Waals surface area contributed by atoms with E-state index >= 15 is 0 Å². The van der Waals surface area contributed by atoms with Crippen molar-refractivity contribution in [3.63, 3.8) is 0 Å². The Hall–Kier alpha value is -3.89. The molecule has 39 heavy (non-hydrogen) atoms. The van der Waals surface area contributed by atoms with Gasteiger partial charge < -0.3 is 29.4 Å². The van der Waals surface area contributed by atoms with Crippen molar-refractivity contribution < 1.29 is 24.2 Å². The fourth-order valence-corrected chi connectivity index (χ4v) is 5.48. The number of nitrogens with zero attached hydrogens (tertiary/aromatic N) is 3. The largest absolute Gasteiger partial charge is 0.494 e. The number of carbonyl (C=O) groups is 2. The first kappa shape index (κ1) is 25.4. The second-order valence-electron chi connectivity index (χ2n) is 9.80.